The van der Waals surface area contributed by atoms with E-state index in [4.69, 9.17) is 0 Å². The first kappa shape index (κ1) is 16.4. The van der Waals surface area contributed by atoms with Crippen LogP contribution in [0.1, 0.15) is 58.1 Å². The lowest BCUT2D eigenvalue weighted by atomic mass is 10.0. The van der Waals surface area contributed by atoms with Crippen LogP contribution in [0.25, 0.3) is 0 Å². The molecule has 5 heteroatoms. The Morgan fingerprint density at radius 3 is 2.55 bits per heavy atom. The number of Topliss-reactive ketones (excluding diaryl/α,β-unsaturated/α-hetero) is 1. The van der Waals surface area contributed by atoms with Crippen LogP contribution in [0.15, 0.2) is 12.5 Å². The van der Waals surface area contributed by atoms with E-state index in [2.05, 4.69) is 22.2 Å². The molecule has 1 amide bonds. The lowest BCUT2D eigenvalue weighted by Crippen LogP contribution is -2.42. The van der Waals surface area contributed by atoms with Crippen LogP contribution in [0, 0.1) is 0 Å². The van der Waals surface area contributed by atoms with Crippen LogP contribution in [0.2, 0.25) is 0 Å². The number of nitrogens with zero attached hydrogens (tertiary/aromatic N) is 1. The van der Waals surface area contributed by atoms with Crippen molar-refractivity contribution in [1.29, 1.82) is 0 Å². The van der Waals surface area contributed by atoms with Crippen molar-refractivity contribution in [3.63, 3.8) is 0 Å². The van der Waals surface area contributed by atoms with Crippen LogP contribution >= 0.6 is 0 Å². The maximum absolute atomic E-state index is 12.2. The van der Waals surface area contributed by atoms with Gasteiger partial charge in [0.25, 0.3) is 0 Å². The Hall–Kier alpha value is -1.65. The number of H-pyrrole nitrogens is 1. The molecule has 0 aliphatic rings. The molecule has 1 aromatic rings. The van der Waals surface area contributed by atoms with Crippen LogP contribution in [-0.4, -0.2) is 27.7 Å². The molecule has 5 nitrogen and oxygen atoms in total. The number of aromatic amines is 1. The average Bonchev–Trinajstić information content (AvgIpc) is 2.94. The monoisotopic (exact) mass is 279 g/mol. The third kappa shape index (κ3) is 5.99. The second-order valence-electron chi connectivity index (χ2n) is 5.07. The SMILES string of the molecule is CCCCC(=O)NC(Cc1cnc[nH]1)C(=O)CCCC. The standard InChI is InChI=1S/C15H25N3O2/c1-3-5-7-14(19)13(9-12-10-16-11-17-12)18-15(20)8-6-4-2/h10-11,13H,3-9H2,1-2H3,(H,16,17)(H,18,20). The van der Waals surface area contributed by atoms with E-state index < -0.39 is 6.04 Å². The van der Waals surface area contributed by atoms with E-state index in [-0.39, 0.29) is 11.7 Å². The van der Waals surface area contributed by atoms with Crippen molar-refractivity contribution in [2.45, 2.75) is 64.8 Å². The molecule has 0 spiro atoms. The highest BCUT2D eigenvalue weighted by Crippen LogP contribution is 2.06. The number of nitrogens with one attached hydrogen (secondary N) is 2. The van der Waals surface area contributed by atoms with Crippen molar-refractivity contribution in [1.82, 2.24) is 15.3 Å². The molecular weight excluding hydrogens is 254 g/mol. The van der Waals surface area contributed by atoms with Crippen LogP contribution in [0.5, 0.6) is 0 Å². The van der Waals surface area contributed by atoms with Crippen LogP contribution < -0.4 is 5.32 Å². The molecule has 112 valence electrons. The Morgan fingerprint density at radius 1 is 1.25 bits per heavy atom. The molecule has 0 saturated heterocycles. The maximum Gasteiger partial charge on any atom is 0.220 e. The molecule has 0 aromatic carbocycles. The van der Waals surface area contributed by atoms with E-state index in [1.165, 1.54) is 0 Å². The van der Waals surface area contributed by atoms with Gasteiger partial charge in [-0.25, -0.2) is 4.98 Å². The van der Waals surface area contributed by atoms with E-state index in [1.54, 1.807) is 12.5 Å². The molecule has 0 aliphatic heterocycles. The van der Waals surface area contributed by atoms with Gasteiger partial charge in [-0.2, -0.15) is 0 Å². The maximum atomic E-state index is 12.2. The zero-order valence-corrected chi connectivity index (χ0v) is 12.4. The Kier molecular flexibility index (Phi) is 7.62. The van der Waals surface area contributed by atoms with Gasteiger partial charge in [0.05, 0.1) is 12.4 Å². The lowest BCUT2D eigenvalue weighted by Gasteiger charge is -2.17. The van der Waals surface area contributed by atoms with Gasteiger partial charge in [0.15, 0.2) is 5.78 Å². The molecule has 0 aliphatic carbocycles. The first-order valence-corrected chi connectivity index (χ1v) is 7.46. The third-order valence-corrected chi connectivity index (χ3v) is 3.24. The number of unbranched alkanes of at least 4 members (excludes halogenated alkanes) is 2. The van der Waals surface area contributed by atoms with Gasteiger partial charge < -0.3 is 10.3 Å². The summed E-state index contributed by atoms with van der Waals surface area (Å²) < 4.78 is 0. The number of carbonyl (C=O) groups is 2. The number of hydrogen-bond donors (Lipinski definition) is 2. The third-order valence-electron chi connectivity index (χ3n) is 3.24. The van der Waals surface area contributed by atoms with Gasteiger partial charge in [-0.15, -0.1) is 0 Å². The van der Waals surface area contributed by atoms with Crippen molar-refractivity contribution in [3.05, 3.63) is 18.2 Å². The van der Waals surface area contributed by atoms with Gasteiger partial charge in [-0.05, 0) is 12.8 Å². The topological polar surface area (TPSA) is 74.8 Å². The molecular formula is C15H25N3O2. The number of carbonyl (C=O) groups excluding carboxylic acids is 2. The van der Waals surface area contributed by atoms with Gasteiger partial charge in [0.1, 0.15) is 0 Å². The predicted octanol–water partition coefficient (Wildman–Crippen LogP) is 2.39. The molecule has 0 radical (unpaired) electrons. The minimum absolute atomic E-state index is 0.0405. The van der Waals surface area contributed by atoms with Gasteiger partial charge >= 0.3 is 0 Å². The summed E-state index contributed by atoms with van der Waals surface area (Å²) in [6.45, 7) is 4.10. The number of ketones is 1. The van der Waals surface area contributed by atoms with Crippen LogP contribution in [0.3, 0.4) is 0 Å². The fourth-order valence-electron chi connectivity index (χ4n) is 1.99. The summed E-state index contributed by atoms with van der Waals surface area (Å²) in [5.41, 5.74) is 0.871. The second-order valence-corrected chi connectivity index (χ2v) is 5.07. The van der Waals surface area contributed by atoms with E-state index >= 15 is 0 Å². The van der Waals surface area contributed by atoms with Crippen molar-refractivity contribution in [2.75, 3.05) is 0 Å². The average molecular weight is 279 g/mol. The molecule has 2 N–H and O–H groups in total. The molecule has 0 saturated carbocycles. The van der Waals surface area contributed by atoms with Gasteiger partial charge in [-0.3, -0.25) is 9.59 Å². The highest BCUT2D eigenvalue weighted by Gasteiger charge is 2.20. The summed E-state index contributed by atoms with van der Waals surface area (Å²) in [5.74, 6) is 0.0625. The zero-order chi connectivity index (χ0) is 14.8. The summed E-state index contributed by atoms with van der Waals surface area (Å²) in [5, 5.41) is 2.86. The molecule has 0 fully saturated rings. The van der Waals surface area contributed by atoms with Gasteiger partial charge in [-0.1, -0.05) is 26.7 Å². The summed E-state index contributed by atoms with van der Waals surface area (Å²) in [4.78, 5) is 30.9. The minimum atomic E-state index is -0.439. The van der Waals surface area contributed by atoms with Crippen LogP contribution in [-0.2, 0) is 16.0 Å². The highest BCUT2D eigenvalue weighted by atomic mass is 16.2. The quantitative estimate of drug-likeness (QED) is 0.690. The number of rotatable bonds is 10. The fourth-order valence-corrected chi connectivity index (χ4v) is 1.99. The highest BCUT2D eigenvalue weighted by molar-refractivity contribution is 5.89. The minimum Gasteiger partial charge on any atom is -0.348 e. The van der Waals surface area contributed by atoms with Gasteiger partial charge in [0, 0.05) is 31.2 Å². The fraction of sp³-hybridized carbons (Fsp3) is 0.667. The first-order chi connectivity index (χ1) is 9.67. The van der Waals surface area contributed by atoms with Gasteiger partial charge in [0.2, 0.25) is 5.91 Å². The molecule has 1 aromatic heterocycles. The molecule has 1 rings (SSSR count). The molecule has 20 heavy (non-hydrogen) atoms. The Labute approximate surface area is 120 Å². The van der Waals surface area contributed by atoms with Crippen molar-refractivity contribution in [3.8, 4) is 0 Å². The summed E-state index contributed by atoms with van der Waals surface area (Å²) in [6.07, 6.45) is 8.44. The zero-order valence-electron chi connectivity index (χ0n) is 12.4. The summed E-state index contributed by atoms with van der Waals surface area (Å²) in [7, 11) is 0. The summed E-state index contributed by atoms with van der Waals surface area (Å²) >= 11 is 0. The van der Waals surface area contributed by atoms with Crippen molar-refractivity contribution < 1.29 is 9.59 Å². The molecule has 1 atom stereocenters. The van der Waals surface area contributed by atoms with Crippen molar-refractivity contribution >= 4 is 11.7 Å². The number of imidazole rings is 1. The second kappa shape index (κ2) is 9.28. The Balaban J connectivity index is 2.58. The molecule has 0 bridgehead atoms. The van der Waals surface area contributed by atoms with E-state index in [1.807, 2.05) is 6.92 Å². The lowest BCUT2D eigenvalue weighted by molar-refractivity contribution is -0.128. The molecule has 1 unspecified atom stereocenters. The first-order valence-electron chi connectivity index (χ1n) is 7.46. The molecule has 1 heterocycles. The predicted molar refractivity (Wildman–Crippen MR) is 78.3 cm³/mol. The van der Waals surface area contributed by atoms with E-state index in [0.717, 1.165) is 31.4 Å². The Bertz CT molecular complexity index is 401. The normalized spacial score (nSPS) is 12.1. The Morgan fingerprint density at radius 2 is 1.95 bits per heavy atom. The number of amides is 1. The van der Waals surface area contributed by atoms with E-state index in [0.29, 0.717) is 19.3 Å². The largest absolute Gasteiger partial charge is 0.348 e. The smallest absolute Gasteiger partial charge is 0.220 e. The van der Waals surface area contributed by atoms with E-state index in [9.17, 15) is 9.59 Å². The number of hydrogen-bond acceptors (Lipinski definition) is 3. The van der Waals surface area contributed by atoms with Crippen molar-refractivity contribution in [2.24, 2.45) is 0 Å². The number of aromatic nitrogens is 2. The summed E-state index contributed by atoms with van der Waals surface area (Å²) in [6, 6.07) is -0.439. The van der Waals surface area contributed by atoms with Crippen LogP contribution in [0.4, 0.5) is 0 Å².